The molecular formula is C51H33NS. The maximum atomic E-state index is 4.99. The lowest BCUT2D eigenvalue weighted by Crippen LogP contribution is -1.92. The van der Waals surface area contributed by atoms with Crippen LogP contribution in [-0.4, -0.2) is 4.98 Å². The van der Waals surface area contributed by atoms with E-state index < -0.39 is 0 Å². The standard InChI is InChI=1S/C51H33NS/c1-3-15-34(16-4-1)36-29-30-41(46(33-36)35-17-5-2-6-18-35)37-19-13-20-38(31-37)49-42-23-7-9-25-44(42)50(45-26-10-8-24-43(45)49)39-21-14-22-40(32-39)51-52-47-27-11-12-28-48(47)53-51/h1-33H. The summed E-state index contributed by atoms with van der Waals surface area (Å²) < 4.78 is 1.21. The molecule has 0 aliphatic heterocycles. The summed E-state index contributed by atoms with van der Waals surface area (Å²) in [5.74, 6) is 0. The fourth-order valence-electron chi connectivity index (χ4n) is 7.86. The second-order valence-corrected chi connectivity index (χ2v) is 14.5. The topological polar surface area (TPSA) is 12.9 Å². The lowest BCUT2D eigenvalue weighted by atomic mass is 9.84. The van der Waals surface area contributed by atoms with Gasteiger partial charge in [-0.05, 0) is 108 Å². The summed E-state index contributed by atoms with van der Waals surface area (Å²) in [6.07, 6.45) is 0. The van der Waals surface area contributed by atoms with E-state index in [2.05, 4.69) is 200 Å². The number of benzene rings is 9. The second-order valence-electron chi connectivity index (χ2n) is 13.5. The largest absolute Gasteiger partial charge is 0.236 e. The molecule has 0 aliphatic carbocycles. The van der Waals surface area contributed by atoms with Gasteiger partial charge in [-0.3, -0.25) is 0 Å². The third-order valence-corrected chi connectivity index (χ3v) is 11.4. The van der Waals surface area contributed by atoms with Crippen molar-refractivity contribution in [2.24, 2.45) is 0 Å². The van der Waals surface area contributed by atoms with E-state index >= 15 is 0 Å². The molecule has 53 heavy (non-hydrogen) atoms. The van der Waals surface area contributed by atoms with Gasteiger partial charge in [-0.2, -0.15) is 0 Å². The van der Waals surface area contributed by atoms with E-state index in [-0.39, 0.29) is 0 Å². The fraction of sp³-hybridized carbons (Fsp3) is 0. The van der Waals surface area contributed by atoms with Gasteiger partial charge in [0.2, 0.25) is 0 Å². The van der Waals surface area contributed by atoms with Gasteiger partial charge in [-0.25, -0.2) is 4.98 Å². The molecule has 0 unspecified atom stereocenters. The Hall–Kier alpha value is -6.61. The monoisotopic (exact) mass is 691 g/mol. The van der Waals surface area contributed by atoms with E-state index in [0.29, 0.717) is 0 Å². The zero-order valence-electron chi connectivity index (χ0n) is 28.9. The van der Waals surface area contributed by atoms with Crippen LogP contribution in [0.3, 0.4) is 0 Å². The number of para-hydroxylation sites is 1. The predicted octanol–water partition coefficient (Wildman–Crippen LogP) is 14.6. The smallest absolute Gasteiger partial charge is 0.124 e. The van der Waals surface area contributed by atoms with Gasteiger partial charge in [0.25, 0.3) is 0 Å². The zero-order chi connectivity index (χ0) is 35.1. The Bertz CT molecular complexity index is 2850. The highest BCUT2D eigenvalue weighted by molar-refractivity contribution is 7.21. The quantitative estimate of drug-likeness (QED) is 0.158. The minimum absolute atomic E-state index is 1.04. The Kier molecular flexibility index (Phi) is 7.74. The summed E-state index contributed by atoms with van der Waals surface area (Å²) >= 11 is 1.75. The molecule has 1 aromatic heterocycles. The van der Waals surface area contributed by atoms with Crippen LogP contribution in [0.25, 0.3) is 98.0 Å². The first-order valence-electron chi connectivity index (χ1n) is 18.0. The number of thiazole rings is 1. The molecule has 0 aliphatic rings. The van der Waals surface area contributed by atoms with Gasteiger partial charge in [0.1, 0.15) is 5.01 Å². The third-order valence-electron chi connectivity index (χ3n) is 10.3. The molecule has 10 rings (SSSR count). The summed E-state index contributed by atoms with van der Waals surface area (Å²) in [6, 6.07) is 72.5. The predicted molar refractivity (Wildman–Crippen MR) is 227 cm³/mol. The molecule has 0 saturated carbocycles. The molecule has 1 nitrogen and oxygen atoms in total. The molecular weight excluding hydrogens is 659 g/mol. The molecule has 9 aromatic carbocycles. The van der Waals surface area contributed by atoms with Crippen molar-refractivity contribution in [2.75, 3.05) is 0 Å². The fourth-order valence-corrected chi connectivity index (χ4v) is 8.82. The Morgan fingerprint density at radius 3 is 1.42 bits per heavy atom. The normalized spacial score (nSPS) is 11.4. The SMILES string of the molecule is c1ccc(-c2ccc(-c3cccc(-c4c5ccccc5c(-c5cccc(-c6nc7ccccc7s6)c5)c5ccccc45)c3)c(-c3ccccc3)c2)cc1. The summed E-state index contributed by atoms with van der Waals surface area (Å²) in [7, 11) is 0. The number of hydrogen-bond acceptors (Lipinski definition) is 2. The van der Waals surface area contributed by atoms with Crippen LogP contribution in [0.15, 0.2) is 200 Å². The molecule has 248 valence electrons. The molecule has 0 amide bonds. The minimum Gasteiger partial charge on any atom is -0.236 e. The third kappa shape index (κ3) is 5.61. The van der Waals surface area contributed by atoms with Gasteiger partial charge in [-0.15, -0.1) is 11.3 Å². The Balaban J connectivity index is 1.15. The van der Waals surface area contributed by atoms with E-state index in [9.17, 15) is 0 Å². The van der Waals surface area contributed by atoms with Crippen molar-refractivity contribution in [1.29, 1.82) is 0 Å². The van der Waals surface area contributed by atoms with Crippen LogP contribution < -0.4 is 0 Å². The number of fused-ring (bicyclic) bond motifs is 3. The summed E-state index contributed by atoms with van der Waals surface area (Å²) in [5.41, 5.74) is 14.4. The molecule has 0 spiro atoms. The number of aromatic nitrogens is 1. The molecule has 0 N–H and O–H groups in total. The number of nitrogens with zero attached hydrogens (tertiary/aromatic N) is 1. The van der Waals surface area contributed by atoms with Gasteiger partial charge in [-0.1, -0.05) is 170 Å². The average Bonchev–Trinajstić information content (AvgIpc) is 3.68. The highest BCUT2D eigenvalue weighted by Crippen LogP contribution is 2.46. The number of rotatable bonds is 6. The average molecular weight is 692 g/mol. The summed E-state index contributed by atoms with van der Waals surface area (Å²) in [4.78, 5) is 4.99. The van der Waals surface area contributed by atoms with E-state index in [1.807, 2.05) is 0 Å². The van der Waals surface area contributed by atoms with Crippen molar-refractivity contribution < 1.29 is 0 Å². The van der Waals surface area contributed by atoms with Crippen LogP contribution in [0.2, 0.25) is 0 Å². The van der Waals surface area contributed by atoms with Crippen molar-refractivity contribution in [3.05, 3.63) is 200 Å². The van der Waals surface area contributed by atoms with E-state index in [0.717, 1.165) is 16.1 Å². The van der Waals surface area contributed by atoms with Gasteiger partial charge >= 0.3 is 0 Å². The van der Waals surface area contributed by atoms with Crippen LogP contribution >= 0.6 is 11.3 Å². The first kappa shape index (κ1) is 31.2. The molecule has 0 atom stereocenters. The van der Waals surface area contributed by atoms with Crippen LogP contribution in [0.5, 0.6) is 0 Å². The highest BCUT2D eigenvalue weighted by Gasteiger charge is 2.18. The van der Waals surface area contributed by atoms with Crippen LogP contribution in [0.1, 0.15) is 0 Å². The summed E-state index contributed by atoms with van der Waals surface area (Å²) in [6.45, 7) is 0. The van der Waals surface area contributed by atoms with Gasteiger partial charge < -0.3 is 0 Å². The van der Waals surface area contributed by atoms with Crippen LogP contribution in [0, 0.1) is 0 Å². The van der Waals surface area contributed by atoms with Crippen molar-refractivity contribution in [3.63, 3.8) is 0 Å². The van der Waals surface area contributed by atoms with Crippen molar-refractivity contribution in [1.82, 2.24) is 4.98 Å². The van der Waals surface area contributed by atoms with Crippen molar-refractivity contribution in [2.45, 2.75) is 0 Å². The van der Waals surface area contributed by atoms with Crippen LogP contribution in [0.4, 0.5) is 0 Å². The minimum atomic E-state index is 1.04. The van der Waals surface area contributed by atoms with Gasteiger partial charge in [0.15, 0.2) is 0 Å². The van der Waals surface area contributed by atoms with E-state index in [1.165, 1.54) is 81.9 Å². The maximum Gasteiger partial charge on any atom is 0.124 e. The molecule has 10 aromatic rings. The van der Waals surface area contributed by atoms with E-state index in [4.69, 9.17) is 4.98 Å². The molecule has 0 saturated heterocycles. The lowest BCUT2D eigenvalue weighted by Gasteiger charge is -2.19. The first-order valence-corrected chi connectivity index (χ1v) is 18.9. The Morgan fingerprint density at radius 1 is 0.302 bits per heavy atom. The van der Waals surface area contributed by atoms with E-state index in [1.54, 1.807) is 11.3 Å². The molecule has 0 fully saturated rings. The molecule has 0 radical (unpaired) electrons. The molecule has 0 bridgehead atoms. The van der Waals surface area contributed by atoms with Crippen molar-refractivity contribution in [3.8, 4) is 66.2 Å². The molecule has 2 heteroatoms. The highest BCUT2D eigenvalue weighted by atomic mass is 32.1. The Morgan fingerprint density at radius 2 is 0.792 bits per heavy atom. The van der Waals surface area contributed by atoms with Gasteiger partial charge in [0, 0.05) is 5.56 Å². The maximum absolute atomic E-state index is 4.99. The van der Waals surface area contributed by atoms with Crippen molar-refractivity contribution >= 4 is 43.1 Å². The summed E-state index contributed by atoms with van der Waals surface area (Å²) in [5, 5.41) is 6.01. The zero-order valence-corrected chi connectivity index (χ0v) is 29.7. The first-order chi connectivity index (χ1) is 26.3. The Labute approximate surface area is 313 Å². The lowest BCUT2D eigenvalue weighted by molar-refractivity contribution is 1.48. The number of hydrogen-bond donors (Lipinski definition) is 0. The second kappa shape index (κ2) is 13.2. The van der Waals surface area contributed by atoms with Gasteiger partial charge in [0.05, 0.1) is 10.2 Å². The van der Waals surface area contributed by atoms with Crippen LogP contribution in [-0.2, 0) is 0 Å². The molecule has 1 heterocycles.